The molecule has 0 saturated heterocycles. The van der Waals surface area contributed by atoms with Gasteiger partial charge in [-0.25, -0.2) is 4.68 Å². The average Bonchev–Trinajstić information content (AvgIpc) is 2.77. The zero-order chi connectivity index (χ0) is 7.84. The Hall–Kier alpha value is -0.380. The lowest BCUT2D eigenvalue weighted by Gasteiger charge is -1.96. The van der Waals surface area contributed by atoms with Gasteiger partial charge in [0.15, 0.2) is 0 Å². The molecular formula is C7H10BrN3. The number of hydrogen-bond donors (Lipinski definition) is 0. The van der Waals surface area contributed by atoms with E-state index in [1.54, 1.807) is 0 Å². The highest BCUT2D eigenvalue weighted by Crippen LogP contribution is 2.36. The fourth-order valence-corrected chi connectivity index (χ4v) is 1.80. The molecule has 0 amide bonds. The second kappa shape index (κ2) is 2.59. The van der Waals surface area contributed by atoms with Crippen LogP contribution in [0.25, 0.3) is 0 Å². The number of aryl methyl sites for hydroxylation is 1. The van der Waals surface area contributed by atoms with Crippen LogP contribution in [0, 0.1) is 0 Å². The van der Waals surface area contributed by atoms with Gasteiger partial charge in [-0.2, -0.15) is 0 Å². The standard InChI is InChI=1S/C7H10BrN3/c1-2-6-7(8)11(10-9-6)5-3-4-5/h5H,2-4H2,1H3. The second-order valence-electron chi connectivity index (χ2n) is 2.86. The third-order valence-electron chi connectivity index (χ3n) is 1.93. The number of rotatable bonds is 2. The van der Waals surface area contributed by atoms with E-state index in [0.29, 0.717) is 6.04 Å². The average molecular weight is 216 g/mol. The summed E-state index contributed by atoms with van der Waals surface area (Å²) in [6.45, 7) is 2.09. The van der Waals surface area contributed by atoms with Crippen molar-refractivity contribution in [3.63, 3.8) is 0 Å². The largest absolute Gasteiger partial charge is 0.235 e. The SMILES string of the molecule is CCc1nnn(C2CC2)c1Br. The van der Waals surface area contributed by atoms with E-state index in [2.05, 4.69) is 33.2 Å². The molecule has 0 N–H and O–H groups in total. The van der Waals surface area contributed by atoms with Crippen molar-refractivity contribution in [2.24, 2.45) is 0 Å². The fourth-order valence-electron chi connectivity index (χ4n) is 1.08. The summed E-state index contributed by atoms with van der Waals surface area (Å²) in [5.41, 5.74) is 1.07. The molecule has 1 aromatic heterocycles. The maximum Gasteiger partial charge on any atom is 0.127 e. The lowest BCUT2D eigenvalue weighted by atomic mass is 10.4. The molecule has 1 aliphatic rings. The van der Waals surface area contributed by atoms with Gasteiger partial charge in [-0.15, -0.1) is 5.10 Å². The summed E-state index contributed by atoms with van der Waals surface area (Å²) in [6, 6.07) is 0.622. The van der Waals surface area contributed by atoms with Gasteiger partial charge in [-0.1, -0.05) is 12.1 Å². The molecule has 0 aromatic carbocycles. The Balaban J connectivity index is 2.33. The first-order chi connectivity index (χ1) is 5.33. The molecule has 1 saturated carbocycles. The predicted octanol–water partition coefficient (Wildman–Crippen LogP) is 1.94. The minimum Gasteiger partial charge on any atom is -0.235 e. The molecule has 3 nitrogen and oxygen atoms in total. The van der Waals surface area contributed by atoms with Crippen LogP contribution in [0.2, 0.25) is 0 Å². The molecular weight excluding hydrogens is 206 g/mol. The van der Waals surface area contributed by atoms with Crippen LogP contribution in [0.15, 0.2) is 4.60 Å². The second-order valence-corrected chi connectivity index (χ2v) is 3.61. The predicted molar refractivity (Wildman–Crippen MR) is 45.4 cm³/mol. The summed E-state index contributed by atoms with van der Waals surface area (Å²) >= 11 is 3.49. The van der Waals surface area contributed by atoms with Crippen molar-refractivity contribution in [2.45, 2.75) is 32.2 Å². The molecule has 0 spiro atoms. The van der Waals surface area contributed by atoms with Gasteiger partial charge < -0.3 is 0 Å². The van der Waals surface area contributed by atoms with Crippen LogP contribution in [0.1, 0.15) is 31.5 Å². The number of hydrogen-bond acceptors (Lipinski definition) is 2. The molecule has 0 unspecified atom stereocenters. The summed E-state index contributed by atoms with van der Waals surface area (Å²) in [4.78, 5) is 0. The van der Waals surface area contributed by atoms with E-state index in [9.17, 15) is 0 Å². The maximum atomic E-state index is 4.07. The van der Waals surface area contributed by atoms with Crippen molar-refractivity contribution in [1.82, 2.24) is 15.0 Å². The maximum absolute atomic E-state index is 4.07. The Labute approximate surface area is 73.9 Å². The molecule has 11 heavy (non-hydrogen) atoms. The van der Waals surface area contributed by atoms with Gasteiger partial charge in [0.05, 0.1) is 11.7 Å². The smallest absolute Gasteiger partial charge is 0.127 e. The molecule has 2 rings (SSSR count). The fraction of sp³-hybridized carbons (Fsp3) is 0.714. The minimum atomic E-state index is 0.622. The van der Waals surface area contributed by atoms with Gasteiger partial charge in [0, 0.05) is 0 Å². The van der Waals surface area contributed by atoms with E-state index in [-0.39, 0.29) is 0 Å². The van der Waals surface area contributed by atoms with E-state index >= 15 is 0 Å². The topological polar surface area (TPSA) is 30.7 Å². The van der Waals surface area contributed by atoms with E-state index in [4.69, 9.17) is 0 Å². The third-order valence-corrected chi connectivity index (χ3v) is 2.75. The first-order valence-electron chi connectivity index (χ1n) is 3.92. The summed E-state index contributed by atoms with van der Waals surface area (Å²) in [6.07, 6.45) is 3.46. The molecule has 0 radical (unpaired) electrons. The van der Waals surface area contributed by atoms with Crippen molar-refractivity contribution in [2.75, 3.05) is 0 Å². The highest BCUT2D eigenvalue weighted by Gasteiger charge is 2.27. The first kappa shape index (κ1) is 7.28. The van der Waals surface area contributed by atoms with E-state index in [1.165, 1.54) is 12.8 Å². The van der Waals surface area contributed by atoms with E-state index in [0.717, 1.165) is 16.7 Å². The number of aromatic nitrogens is 3. The lowest BCUT2D eigenvalue weighted by Crippen LogP contribution is -1.96. The molecule has 0 atom stereocenters. The Morgan fingerprint density at radius 3 is 2.82 bits per heavy atom. The molecule has 0 bridgehead atoms. The van der Waals surface area contributed by atoms with Crippen molar-refractivity contribution in [3.05, 3.63) is 10.3 Å². The zero-order valence-corrected chi connectivity index (χ0v) is 8.00. The number of halogens is 1. The quantitative estimate of drug-likeness (QED) is 0.756. The highest BCUT2D eigenvalue weighted by molar-refractivity contribution is 9.10. The van der Waals surface area contributed by atoms with Crippen LogP contribution in [0.4, 0.5) is 0 Å². The van der Waals surface area contributed by atoms with Crippen LogP contribution < -0.4 is 0 Å². The van der Waals surface area contributed by atoms with Crippen molar-refractivity contribution >= 4 is 15.9 Å². The van der Waals surface area contributed by atoms with Crippen LogP contribution in [-0.4, -0.2) is 15.0 Å². The normalized spacial score (nSPS) is 17.3. The van der Waals surface area contributed by atoms with Crippen molar-refractivity contribution < 1.29 is 0 Å². The lowest BCUT2D eigenvalue weighted by molar-refractivity contribution is 0.599. The molecule has 1 aliphatic carbocycles. The van der Waals surface area contributed by atoms with E-state index < -0.39 is 0 Å². The first-order valence-corrected chi connectivity index (χ1v) is 4.71. The Kier molecular flexibility index (Phi) is 1.71. The third kappa shape index (κ3) is 1.20. The number of nitrogens with zero attached hydrogens (tertiary/aromatic N) is 3. The molecule has 1 aromatic rings. The van der Waals surface area contributed by atoms with Gasteiger partial charge in [0.1, 0.15) is 4.60 Å². The van der Waals surface area contributed by atoms with Gasteiger partial charge in [0.25, 0.3) is 0 Å². The molecule has 60 valence electrons. The highest BCUT2D eigenvalue weighted by atomic mass is 79.9. The van der Waals surface area contributed by atoms with Crippen LogP contribution >= 0.6 is 15.9 Å². The Morgan fingerprint density at radius 1 is 1.64 bits per heavy atom. The Bertz CT molecular complexity index is 265. The van der Waals surface area contributed by atoms with Gasteiger partial charge in [-0.05, 0) is 35.2 Å². The molecule has 0 aliphatic heterocycles. The van der Waals surface area contributed by atoms with Gasteiger partial charge in [-0.3, -0.25) is 0 Å². The van der Waals surface area contributed by atoms with Crippen LogP contribution in [0.5, 0.6) is 0 Å². The van der Waals surface area contributed by atoms with Crippen molar-refractivity contribution in [3.8, 4) is 0 Å². The molecule has 1 fully saturated rings. The monoisotopic (exact) mass is 215 g/mol. The van der Waals surface area contributed by atoms with Gasteiger partial charge >= 0.3 is 0 Å². The summed E-state index contributed by atoms with van der Waals surface area (Å²) in [7, 11) is 0. The van der Waals surface area contributed by atoms with Crippen LogP contribution in [0.3, 0.4) is 0 Å². The summed E-state index contributed by atoms with van der Waals surface area (Å²) in [5, 5.41) is 8.13. The van der Waals surface area contributed by atoms with E-state index in [1.807, 2.05) is 4.68 Å². The van der Waals surface area contributed by atoms with Crippen molar-refractivity contribution in [1.29, 1.82) is 0 Å². The molecule has 4 heteroatoms. The summed E-state index contributed by atoms with van der Waals surface area (Å²) < 4.78 is 3.06. The Morgan fingerprint density at radius 2 is 2.36 bits per heavy atom. The van der Waals surface area contributed by atoms with Crippen LogP contribution in [-0.2, 0) is 6.42 Å². The van der Waals surface area contributed by atoms with Gasteiger partial charge in [0.2, 0.25) is 0 Å². The molecule has 1 heterocycles. The zero-order valence-electron chi connectivity index (χ0n) is 6.42. The summed E-state index contributed by atoms with van der Waals surface area (Å²) in [5.74, 6) is 0. The minimum absolute atomic E-state index is 0.622.